The van der Waals surface area contributed by atoms with Crippen molar-refractivity contribution >= 4 is 27.5 Å². The minimum absolute atomic E-state index is 0.0609. The second-order valence-electron chi connectivity index (χ2n) is 11.1. The maximum atomic E-state index is 13.0. The number of nitrogens with zero attached hydrogens (tertiary/aromatic N) is 1. The molecule has 1 N–H and O–H groups in total. The van der Waals surface area contributed by atoms with Crippen molar-refractivity contribution in [2.24, 2.45) is 11.8 Å². The lowest BCUT2D eigenvalue weighted by Crippen LogP contribution is -2.36. The molecule has 2 bridgehead atoms. The third kappa shape index (κ3) is 4.33. The van der Waals surface area contributed by atoms with Crippen LogP contribution in [-0.4, -0.2) is 16.9 Å². The van der Waals surface area contributed by atoms with E-state index in [1.54, 1.807) is 11.3 Å². The molecule has 0 saturated heterocycles. The zero-order chi connectivity index (χ0) is 24.8. The molecule has 3 unspecified atom stereocenters. The lowest BCUT2D eigenvalue weighted by Gasteiger charge is -2.40. The Morgan fingerprint density at radius 3 is 2.59 bits per heavy atom. The van der Waals surface area contributed by atoms with Crippen LogP contribution in [-0.2, 0) is 23.2 Å². The molecule has 1 heterocycles. The number of aromatic nitrogens is 1. The molecule has 1 amide bonds. The molecular formula is C32H32N2O2S. The van der Waals surface area contributed by atoms with Crippen molar-refractivity contribution in [3.63, 3.8) is 0 Å². The van der Waals surface area contributed by atoms with Gasteiger partial charge in [-0.1, -0.05) is 55.0 Å². The highest BCUT2D eigenvalue weighted by Gasteiger charge is 2.53. The van der Waals surface area contributed by atoms with E-state index in [0.717, 1.165) is 47.0 Å². The van der Waals surface area contributed by atoms with Crippen LogP contribution in [0.1, 0.15) is 60.2 Å². The van der Waals surface area contributed by atoms with Gasteiger partial charge in [-0.05, 0) is 84.9 Å². The maximum Gasteiger partial charge on any atom is 0.224 e. The Balaban J connectivity index is 1.26. The summed E-state index contributed by atoms with van der Waals surface area (Å²) in [5, 5.41) is 4.18. The fraction of sp³-hybridized carbons (Fsp3) is 0.375. The zero-order valence-electron chi connectivity index (χ0n) is 21.0. The van der Waals surface area contributed by atoms with Gasteiger partial charge in [0.1, 0.15) is 17.4 Å². The van der Waals surface area contributed by atoms with Gasteiger partial charge < -0.3 is 10.1 Å². The van der Waals surface area contributed by atoms with Gasteiger partial charge in [0.2, 0.25) is 5.91 Å². The monoisotopic (exact) mass is 508 g/mol. The van der Waals surface area contributed by atoms with Crippen LogP contribution in [0.5, 0.6) is 5.75 Å². The van der Waals surface area contributed by atoms with E-state index in [2.05, 4.69) is 53.8 Å². The van der Waals surface area contributed by atoms with Crippen LogP contribution >= 0.6 is 11.3 Å². The Morgan fingerprint density at radius 2 is 1.84 bits per heavy atom. The molecule has 0 spiro atoms. The molecule has 3 fully saturated rings. The summed E-state index contributed by atoms with van der Waals surface area (Å²) in [6.45, 7) is 0.449. The first-order chi connectivity index (χ1) is 18.2. The molecule has 37 heavy (non-hydrogen) atoms. The second kappa shape index (κ2) is 9.29. The Bertz CT molecular complexity index is 1410. The number of nitrogens with one attached hydrogen (secondary N) is 1. The SMILES string of the molecule is O=C(Cc1ccc(OCc2nc3ccccc3s2)cc1C1(c2ccccc2)CC2CCC1C2)NC1CC1. The standard InChI is InChI=1S/C32H32N2O2S/c35-30(33-25-13-14-25)17-22-11-15-26(36-20-31-34-28-8-4-5-9-29(28)37-31)18-27(22)32(23-6-2-1-3-7-23)19-21-10-12-24(32)16-21/h1-9,11,15,18,21,24-25H,10,12-14,16-17,19-20H2,(H,33,35). The van der Waals surface area contributed by atoms with Crippen molar-refractivity contribution in [3.05, 3.63) is 94.5 Å². The highest BCUT2D eigenvalue weighted by molar-refractivity contribution is 7.18. The van der Waals surface area contributed by atoms with Gasteiger partial charge in [-0.2, -0.15) is 0 Å². The fourth-order valence-corrected chi connectivity index (χ4v) is 7.81. The molecular weight excluding hydrogens is 476 g/mol. The number of amides is 1. The molecule has 0 radical (unpaired) electrons. The molecule has 3 aliphatic rings. The quantitative estimate of drug-likeness (QED) is 0.285. The second-order valence-corrected chi connectivity index (χ2v) is 12.2. The van der Waals surface area contributed by atoms with Crippen molar-refractivity contribution in [2.45, 2.75) is 63.0 Å². The van der Waals surface area contributed by atoms with Gasteiger partial charge in [-0.25, -0.2) is 4.98 Å². The number of carbonyl (C=O) groups excluding carboxylic acids is 1. The van der Waals surface area contributed by atoms with Crippen molar-refractivity contribution in [3.8, 4) is 5.75 Å². The summed E-state index contributed by atoms with van der Waals surface area (Å²) in [4.78, 5) is 17.7. The first-order valence-electron chi connectivity index (χ1n) is 13.6. The number of para-hydroxylation sites is 1. The average molecular weight is 509 g/mol. The summed E-state index contributed by atoms with van der Waals surface area (Å²) in [6, 6.07) is 26.1. The van der Waals surface area contributed by atoms with E-state index in [4.69, 9.17) is 9.72 Å². The average Bonchev–Trinajstić information content (AvgIpc) is 3.31. The van der Waals surface area contributed by atoms with E-state index in [9.17, 15) is 4.79 Å². The lowest BCUT2D eigenvalue weighted by molar-refractivity contribution is -0.120. The highest BCUT2D eigenvalue weighted by atomic mass is 32.1. The molecule has 3 aromatic carbocycles. The minimum atomic E-state index is -0.0609. The Kier molecular flexibility index (Phi) is 5.77. The van der Waals surface area contributed by atoms with Gasteiger partial charge in [0, 0.05) is 11.5 Å². The van der Waals surface area contributed by atoms with Crippen LogP contribution in [0, 0.1) is 11.8 Å². The number of benzene rings is 3. The fourth-order valence-electron chi connectivity index (χ4n) is 6.93. The smallest absolute Gasteiger partial charge is 0.224 e. The molecule has 4 nitrogen and oxygen atoms in total. The number of ether oxygens (including phenoxy) is 1. The number of rotatable bonds is 8. The topological polar surface area (TPSA) is 51.2 Å². The third-order valence-electron chi connectivity index (χ3n) is 8.69. The van der Waals surface area contributed by atoms with E-state index in [1.807, 2.05) is 24.3 Å². The van der Waals surface area contributed by atoms with Gasteiger partial charge in [-0.15, -0.1) is 11.3 Å². The Morgan fingerprint density at radius 1 is 1.00 bits per heavy atom. The molecule has 7 rings (SSSR count). The molecule has 3 atom stereocenters. The number of thiazole rings is 1. The molecule has 1 aromatic heterocycles. The normalized spacial score (nSPS) is 24.4. The van der Waals surface area contributed by atoms with E-state index in [0.29, 0.717) is 25.0 Å². The number of carbonyl (C=O) groups is 1. The van der Waals surface area contributed by atoms with Crippen molar-refractivity contribution in [2.75, 3.05) is 0 Å². The van der Waals surface area contributed by atoms with Crippen LogP contribution in [0.4, 0.5) is 0 Å². The predicted octanol–water partition coefficient (Wildman–Crippen LogP) is 6.80. The molecule has 3 saturated carbocycles. The summed E-state index contributed by atoms with van der Waals surface area (Å²) in [5.74, 6) is 2.35. The van der Waals surface area contributed by atoms with Crippen molar-refractivity contribution in [1.29, 1.82) is 0 Å². The molecule has 0 aliphatic heterocycles. The number of fused-ring (bicyclic) bond motifs is 3. The summed E-state index contributed by atoms with van der Waals surface area (Å²) in [6.07, 6.45) is 7.65. The number of hydrogen-bond donors (Lipinski definition) is 1. The molecule has 5 heteroatoms. The highest BCUT2D eigenvalue weighted by Crippen LogP contribution is 2.60. The van der Waals surface area contributed by atoms with Gasteiger partial charge in [0.05, 0.1) is 16.6 Å². The maximum absolute atomic E-state index is 13.0. The summed E-state index contributed by atoms with van der Waals surface area (Å²) < 4.78 is 7.55. The van der Waals surface area contributed by atoms with E-state index >= 15 is 0 Å². The predicted molar refractivity (Wildman–Crippen MR) is 148 cm³/mol. The summed E-state index contributed by atoms with van der Waals surface area (Å²) >= 11 is 1.69. The van der Waals surface area contributed by atoms with Crippen molar-refractivity contribution < 1.29 is 9.53 Å². The van der Waals surface area contributed by atoms with Crippen LogP contribution in [0.2, 0.25) is 0 Å². The van der Waals surface area contributed by atoms with E-state index in [1.165, 1.54) is 35.1 Å². The van der Waals surface area contributed by atoms with Gasteiger partial charge in [-0.3, -0.25) is 4.79 Å². The van der Waals surface area contributed by atoms with Crippen LogP contribution < -0.4 is 10.1 Å². The van der Waals surface area contributed by atoms with Crippen molar-refractivity contribution in [1.82, 2.24) is 10.3 Å². The Labute approximate surface area is 222 Å². The summed E-state index contributed by atoms with van der Waals surface area (Å²) in [5.41, 5.74) is 4.78. The van der Waals surface area contributed by atoms with Gasteiger partial charge in [0.15, 0.2) is 0 Å². The lowest BCUT2D eigenvalue weighted by atomic mass is 9.63. The summed E-state index contributed by atoms with van der Waals surface area (Å²) in [7, 11) is 0. The third-order valence-corrected chi connectivity index (χ3v) is 9.70. The van der Waals surface area contributed by atoms with Crippen LogP contribution in [0.25, 0.3) is 10.2 Å². The largest absolute Gasteiger partial charge is 0.486 e. The van der Waals surface area contributed by atoms with Crippen LogP contribution in [0.15, 0.2) is 72.8 Å². The molecule has 3 aliphatic carbocycles. The van der Waals surface area contributed by atoms with Gasteiger partial charge >= 0.3 is 0 Å². The first kappa shape index (κ1) is 23.0. The minimum Gasteiger partial charge on any atom is -0.486 e. The van der Waals surface area contributed by atoms with E-state index in [-0.39, 0.29) is 11.3 Å². The van der Waals surface area contributed by atoms with Gasteiger partial charge in [0.25, 0.3) is 0 Å². The molecule has 188 valence electrons. The molecule has 4 aromatic rings. The first-order valence-corrected chi connectivity index (χ1v) is 14.4. The number of hydrogen-bond acceptors (Lipinski definition) is 4. The Hall–Kier alpha value is -3.18. The van der Waals surface area contributed by atoms with Crippen LogP contribution in [0.3, 0.4) is 0 Å². The zero-order valence-corrected chi connectivity index (χ0v) is 21.8. The van der Waals surface area contributed by atoms with E-state index < -0.39 is 0 Å².